The molecule has 7 heteroatoms. The molecule has 3 rings (SSSR count). The minimum Gasteiger partial charge on any atom is -0.365 e. The maximum atomic E-state index is 11.7. The molecule has 0 saturated heterocycles. The van der Waals surface area contributed by atoms with Crippen LogP contribution in [-0.2, 0) is 0 Å². The topological polar surface area (TPSA) is 102 Å². The number of nitrogens with one attached hydrogen (secondary N) is 1. The molecule has 0 unspecified atom stereocenters. The number of carbonyl (C=O) groups is 1. The maximum absolute atomic E-state index is 11.7. The third kappa shape index (κ3) is 2.53. The third-order valence-electron chi connectivity index (χ3n) is 3.19. The van der Waals surface area contributed by atoms with Gasteiger partial charge in [-0.2, -0.15) is 0 Å². The monoisotopic (exact) mass is 312 g/mol. The van der Waals surface area contributed by atoms with Crippen molar-refractivity contribution in [2.75, 3.05) is 0 Å². The lowest BCUT2D eigenvalue weighted by molar-refractivity contribution is 0.0999. The number of aromatic nitrogens is 3. The smallest absolute Gasteiger partial charge is 0.261 e. The quantitative estimate of drug-likeness (QED) is 0.772. The number of thiazole rings is 1. The van der Waals surface area contributed by atoms with Crippen molar-refractivity contribution in [2.45, 2.75) is 6.92 Å². The van der Waals surface area contributed by atoms with Gasteiger partial charge in [0.25, 0.3) is 11.5 Å². The normalized spacial score (nSPS) is 10.6. The number of aromatic amines is 1. The van der Waals surface area contributed by atoms with Crippen molar-refractivity contribution in [3.8, 4) is 21.8 Å². The summed E-state index contributed by atoms with van der Waals surface area (Å²) in [7, 11) is 0. The van der Waals surface area contributed by atoms with E-state index in [4.69, 9.17) is 5.73 Å². The van der Waals surface area contributed by atoms with Crippen molar-refractivity contribution in [3.05, 3.63) is 57.6 Å². The molecule has 0 bridgehead atoms. The molecule has 0 aliphatic carbocycles. The SMILES string of the molecule is Cc1[nH]c(=O)c(C(N)=O)cc1-c1csc(-c2cccnc2)n1. The number of amides is 1. The molecule has 110 valence electrons. The summed E-state index contributed by atoms with van der Waals surface area (Å²) in [5.41, 5.74) is 7.57. The molecule has 3 aromatic heterocycles. The molecular formula is C15H12N4O2S. The Labute approximate surface area is 129 Å². The summed E-state index contributed by atoms with van der Waals surface area (Å²) in [5.74, 6) is -0.759. The van der Waals surface area contributed by atoms with Crippen LogP contribution in [0.4, 0.5) is 0 Å². The summed E-state index contributed by atoms with van der Waals surface area (Å²) in [4.78, 5) is 34.3. The first kappa shape index (κ1) is 14.2. The summed E-state index contributed by atoms with van der Waals surface area (Å²) in [6, 6.07) is 5.25. The lowest BCUT2D eigenvalue weighted by Gasteiger charge is -2.04. The molecule has 0 aliphatic rings. The minimum atomic E-state index is -0.759. The largest absolute Gasteiger partial charge is 0.365 e. The van der Waals surface area contributed by atoms with Crippen LogP contribution in [0.25, 0.3) is 21.8 Å². The molecular weight excluding hydrogens is 300 g/mol. The van der Waals surface area contributed by atoms with Crippen molar-refractivity contribution in [2.24, 2.45) is 5.73 Å². The summed E-state index contributed by atoms with van der Waals surface area (Å²) in [6.07, 6.45) is 3.43. The Morgan fingerprint density at radius 3 is 2.91 bits per heavy atom. The molecule has 22 heavy (non-hydrogen) atoms. The fourth-order valence-corrected chi connectivity index (χ4v) is 2.90. The van der Waals surface area contributed by atoms with Gasteiger partial charge in [-0.05, 0) is 25.1 Å². The molecule has 6 nitrogen and oxygen atoms in total. The van der Waals surface area contributed by atoms with Gasteiger partial charge in [-0.25, -0.2) is 4.98 Å². The number of aryl methyl sites for hydroxylation is 1. The van der Waals surface area contributed by atoms with Gasteiger partial charge in [0.2, 0.25) is 0 Å². The van der Waals surface area contributed by atoms with Crippen LogP contribution in [0.15, 0.2) is 40.8 Å². The van der Waals surface area contributed by atoms with Crippen LogP contribution in [0.5, 0.6) is 0 Å². The van der Waals surface area contributed by atoms with E-state index in [2.05, 4.69) is 15.0 Å². The Morgan fingerprint density at radius 2 is 2.23 bits per heavy atom. The van der Waals surface area contributed by atoms with E-state index in [1.165, 1.54) is 17.4 Å². The van der Waals surface area contributed by atoms with Crippen LogP contribution < -0.4 is 11.3 Å². The summed E-state index contributed by atoms with van der Waals surface area (Å²) < 4.78 is 0. The Hall–Kier alpha value is -2.80. The summed E-state index contributed by atoms with van der Waals surface area (Å²) in [5, 5.41) is 2.68. The van der Waals surface area contributed by atoms with Crippen molar-refractivity contribution in [3.63, 3.8) is 0 Å². The fourth-order valence-electron chi connectivity index (χ4n) is 2.09. The lowest BCUT2D eigenvalue weighted by Crippen LogP contribution is -2.24. The maximum Gasteiger partial charge on any atom is 0.261 e. The van der Waals surface area contributed by atoms with Gasteiger partial charge in [0, 0.05) is 34.6 Å². The predicted octanol–water partition coefficient (Wildman–Crippen LogP) is 1.97. The van der Waals surface area contributed by atoms with E-state index in [1.807, 2.05) is 17.5 Å². The fraction of sp³-hybridized carbons (Fsp3) is 0.0667. The molecule has 0 fully saturated rings. The Kier molecular flexibility index (Phi) is 3.56. The highest BCUT2D eigenvalue weighted by atomic mass is 32.1. The number of nitrogens with two attached hydrogens (primary N) is 1. The van der Waals surface area contributed by atoms with Gasteiger partial charge in [0.1, 0.15) is 10.6 Å². The Bertz CT molecular complexity index is 899. The first-order chi connectivity index (χ1) is 10.6. The van der Waals surface area contributed by atoms with Crippen molar-refractivity contribution in [1.29, 1.82) is 0 Å². The second kappa shape index (κ2) is 5.53. The van der Waals surface area contributed by atoms with Gasteiger partial charge in [-0.15, -0.1) is 11.3 Å². The van der Waals surface area contributed by atoms with E-state index in [1.54, 1.807) is 19.3 Å². The second-order valence-corrected chi connectivity index (χ2v) is 5.55. The van der Waals surface area contributed by atoms with E-state index >= 15 is 0 Å². The third-order valence-corrected chi connectivity index (χ3v) is 4.08. The molecule has 1 amide bonds. The molecule has 0 saturated carbocycles. The van der Waals surface area contributed by atoms with Crippen LogP contribution in [0.1, 0.15) is 16.1 Å². The number of hydrogen-bond donors (Lipinski definition) is 2. The number of nitrogens with zero attached hydrogens (tertiary/aromatic N) is 2. The first-order valence-electron chi connectivity index (χ1n) is 6.46. The highest BCUT2D eigenvalue weighted by molar-refractivity contribution is 7.13. The summed E-state index contributed by atoms with van der Waals surface area (Å²) >= 11 is 1.47. The highest BCUT2D eigenvalue weighted by Crippen LogP contribution is 2.29. The molecule has 0 spiro atoms. The summed E-state index contributed by atoms with van der Waals surface area (Å²) in [6.45, 7) is 1.75. The van der Waals surface area contributed by atoms with E-state index in [-0.39, 0.29) is 5.56 Å². The zero-order valence-corrected chi connectivity index (χ0v) is 12.5. The van der Waals surface area contributed by atoms with E-state index < -0.39 is 11.5 Å². The molecule has 3 heterocycles. The van der Waals surface area contributed by atoms with Gasteiger partial charge >= 0.3 is 0 Å². The van der Waals surface area contributed by atoms with E-state index in [0.717, 1.165) is 10.6 Å². The second-order valence-electron chi connectivity index (χ2n) is 4.69. The number of rotatable bonds is 3. The minimum absolute atomic E-state index is 0.0727. The zero-order chi connectivity index (χ0) is 15.7. The van der Waals surface area contributed by atoms with Crippen molar-refractivity contribution >= 4 is 17.2 Å². The van der Waals surface area contributed by atoms with E-state index in [9.17, 15) is 9.59 Å². The molecule has 0 aliphatic heterocycles. The standard InChI is InChI=1S/C15H12N4O2S/c1-8-10(5-11(13(16)20)14(21)18-8)12-7-22-15(19-12)9-3-2-4-17-6-9/h2-7H,1H3,(H2,16,20)(H,18,21). The lowest BCUT2D eigenvalue weighted by atomic mass is 10.1. The number of carbonyl (C=O) groups excluding carboxylic acids is 1. The van der Waals surface area contributed by atoms with Gasteiger partial charge in [0.05, 0.1) is 5.69 Å². The molecule has 0 aromatic carbocycles. The van der Waals surface area contributed by atoms with Gasteiger partial charge < -0.3 is 10.7 Å². The number of H-pyrrole nitrogens is 1. The van der Waals surface area contributed by atoms with Crippen LogP contribution in [0.2, 0.25) is 0 Å². The average Bonchev–Trinajstić information content (AvgIpc) is 2.97. The van der Waals surface area contributed by atoms with Crippen LogP contribution in [0.3, 0.4) is 0 Å². The molecule has 0 atom stereocenters. The number of pyridine rings is 2. The van der Waals surface area contributed by atoms with Gasteiger partial charge in [-0.3, -0.25) is 14.6 Å². The van der Waals surface area contributed by atoms with E-state index in [0.29, 0.717) is 17.0 Å². The predicted molar refractivity (Wildman–Crippen MR) is 84.7 cm³/mol. The molecule has 0 radical (unpaired) electrons. The van der Waals surface area contributed by atoms with Crippen molar-refractivity contribution < 1.29 is 4.79 Å². The first-order valence-corrected chi connectivity index (χ1v) is 7.34. The van der Waals surface area contributed by atoms with Crippen LogP contribution in [-0.4, -0.2) is 20.9 Å². The van der Waals surface area contributed by atoms with Gasteiger partial charge in [0.15, 0.2) is 0 Å². The molecule has 3 aromatic rings. The Balaban J connectivity index is 2.09. The van der Waals surface area contributed by atoms with Crippen molar-refractivity contribution in [1.82, 2.24) is 15.0 Å². The zero-order valence-electron chi connectivity index (χ0n) is 11.7. The van der Waals surface area contributed by atoms with Gasteiger partial charge in [-0.1, -0.05) is 0 Å². The van der Waals surface area contributed by atoms with Crippen LogP contribution in [0, 0.1) is 6.92 Å². The van der Waals surface area contributed by atoms with Crippen LogP contribution >= 0.6 is 11.3 Å². The average molecular weight is 312 g/mol. The molecule has 3 N–H and O–H groups in total. The number of hydrogen-bond acceptors (Lipinski definition) is 5. The number of primary amides is 1. The highest BCUT2D eigenvalue weighted by Gasteiger charge is 2.14. The Morgan fingerprint density at radius 1 is 1.41 bits per heavy atom.